The van der Waals surface area contributed by atoms with Crippen LogP contribution in [0.3, 0.4) is 0 Å². The highest BCUT2D eigenvalue weighted by Crippen LogP contribution is 2.35. The van der Waals surface area contributed by atoms with Gasteiger partial charge in [-0.3, -0.25) is 5.10 Å². The summed E-state index contributed by atoms with van der Waals surface area (Å²) in [6.45, 7) is 0. The molecule has 0 bridgehead atoms. The predicted molar refractivity (Wildman–Crippen MR) is 95.4 cm³/mol. The molecule has 3 aromatic rings. The van der Waals surface area contributed by atoms with Crippen LogP contribution in [0.1, 0.15) is 17.0 Å². The van der Waals surface area contributed by atoms with Crippen molar-refractivity contribution in [2.24, 2.45) is 0 Å². The van der Waals surface area contributed by atoms with Crippen molar-refractivity contribution in [2.75, 3.05) is 5.73 Å². The minimum Gasteiger partial charge on any atom is -0.457 e. The number of rotatable bonds is 3. The second-order valence-electron chi connectivity index (χ2n) is 4.94. The van der Waals surface area contributed by atoms with E-state index in [1.165, 1.54) is 6.08 Å². The van der Waals surface area contributed by atoms with Crippen molar-refractivity contribution in [3.05, 3.63) is 57.4 Å². The fraction of sp³-hybridized carbons (Fsp3) is 0. The van der Waals surface area contributed by atoms with E-state index in [0.29, 0.717) is 27.1 Å². The van der Waals surface area contributed by atoms with E-state index >= 15 is 0 Å². The van der Waals surface area contributed by atoms with E-state index in [2.05, 4.69) is 10.2 Å². The topological polar surface area (TPSA) is 115 Å². The number of nitrogens with one attached hydrogen (secondary N) is 1. The van der Waals surface area contributed by atoms with Crippen LogP contribution < -0.4 is 5.73 Å². The van der Waals surface area contributed by atoms with Gasteiger partial charge in [0.25, 0.3) is 0 Å². The first kappa shape index (κ1) is 16.7. The highest BCUT2D eigenvalue weighted by Gasteiger charge is 2.16. The predicted octanol–water partition coefficient (Wildman–Crippen LogP) is 4.49. The number of nitrogen functional groups attached to an aromatic ring is 1. The Kier molecular flexibility index (Phi) is 4.49. The SMILES string of the molecule is N#CC(=Cc1ccc(-c2cccc(Cl)c2Cl)o1)c1[nH]nc(N)c1C#N. The van der Waals surface area contributed by atoms with Crippen molar-refractivity contribution in [2.45, 2.75) is 0 Å². The molecular weight excluding hydrogens is 361 g/mol. The molecule has 0 amide bonds. The number of hydrogen-bond donors (Lipinski definition) is 2. The Morgan fingerprint density at radius 1 is 1.24 bits per heavy atom. The van der Waals surface area contributed by atoms with Crippen molar-refractivity contribution in [3.63, 3.8) is 0 Å². The van der Waals surface area contributed by atoms with Crippen LogP contribution in [0.4, 0.5) is 5.82 Å². The minimum absolute atomic E-state index is 0.0319. The molecule has 8 heteroatoms. The summed E-state index contributed by atoms with van der Waals surface area (Å²) < 4.78 is 5.72. The third-order valence-corrected chi connectivity index (χ3v) is 4.25. The number of nitrogens with zero attached hydrogens (tertiary/aromatic N) is 3. The number of aromatic nitrogens is 2. The van der Waals surface area contributed by atoms with Gasteiger partial charge in [0.2, 0.25) is 0 Å². The average molecular weight is 370 g/mol. The van der Waals surface area contributed by atoms with Crippen molar-refractivity contribution in [1.29, 1.82) is 10.5 Å². The van der Waals surface area contributed by atoms with Gasteiger partial charge in [0.1, 0.15) is 29.2 Å². The molecule has 25 heavy (non-hydrogen) atoms. The number of aromatic amines is 1. The van der Waals surface area contributed by atoms with E-state index < -0.39 is 0 Å². The summed E-state index contributed by atoms with van der Waals surface area (Å²) >= 11 is 12.2. The Bertz CT molecular complexity index is 1070. The first-order chi connectivity index (χ1) is 12.0. The second kappa shape index (κ2) is 6.74. The lowest BCUT2D eigenvalue weighted by atomic mass is 10.1. The van der Waals surface area contributed by atoms with Gasteiger partial charge in [-0.15, -0.1) is 0 Å². The van der Waals surface area contributed by atoms with Gasteiger partial charge < -0.3 is 10.2 Å². The summed E-state index contributed by atoms with van der Waals surface area (Å²) in [6, 6.07) is 12.5. The summed E-state index contributed by atoms with van der Waals surface area (Å²) in [5, 5.41) is 25.6. The van der Waals surface area contributed by atoms with Crippen molar-refractivity contribution in [3.8, 4) is 23.5 Å². The molecule has 0 atom stereocenters. The average Bonchev–Trinajstić information content (AvgIpc) is 3.21. The summed E-state index contributed by atoms with van der Waals surface area (Å²) in [5.41, 5.74) is 6.74. The lowest BCUT2D eigenvalue weighted by Crippen LogP contribution is -1.89. The Morgan fingerprint density at radius 3 is 2.76 bits per heavy atom. The summed E-state index contributed by atoms with van der Waals surface area (Å²) in [5.74, 6) is 0.935. The van der Waals surface area contributed by atoms with Gasteiger partial charge >= 0.3 is 0 Å². The summed E-state index contributed by atoms with van der Waals surface area (Å²) in [6.07, 6.45) is 1.48. The molecule has 3 rings (SSSR count). The Labute approximate surface area is 152 Å². The van der Waals surface area contributed by atoms with Gasteiger partial charge in [0, 0.05) is 11.6 Å². The zero-order valence-corrected chi connectivity index (χ0v) is 14.1. The molecule has 0 spiro atoms. The molecule has 0 aliphatic carbocycles. The number of anilines is 1. The first-order valence-corrected chi connectivity index (χ1v) is 7.71. The van der Waals surface area contributed by atoms with Crippen LogP contribution in [-0.4, -0.2) is 10.2 Å². The summed E-state index contributed by atoms with van der Waals surface area (Å²) in [4.78, 5) is 0. The zero-order valence-electron chi connectivity index (χ0n) is 12.5. The molecule has 0 fully saturated rings. The maximum absolute atomic E-state index is 9.38. The van der Waals surface area contributed by atoms with Gasteiger partial charge in [-0.05, 0) is 24.3 Å². The van der Waals surface area contributed by atoms with E-state index in [1.54, 1.807) is 30.3 Å². The number of benzene rings is 1. The molecule has 0 radical (unpaired) electrons. The molecule has 0 saturated carbocycles. The summed E-state index contributed by atoms with van der Waals surface area (Å²) in [7, 11) is 0. The lowest BCUT2D eigenvalue weighted by Gasteiger charge is -2.02. The highest BCUT2D eigenvalue weighted by molar-refractivity contribution is 6.43. The molecule has 2 heterocycles. The van der Waals surface area contributed by atoms with Crippen LogP contribution in [0.15, 0.2) is 34.7 Å². The molecule has 0 unspecified atom stereocenters. The molecule has 0 aliphatic heterocycles. The number of nitriles is 2. The zero-order chi connectivity index (χ0) is 18.0. The molecule has 122 valence electrons. The van der Waals surface area contributed by atoms with Crippen molar-refractivity contribution in [1.82, 2.24) is 10.2 Å². The number of allylic oxidation sites excluding steroid dienone is 1. The fourth-order valence-corrected chi connectivity index (χ4v) is 2.63. The number of nitrogens with two attached hydrogens (primary N) is 1. The maximum Gasteiger partial charge on any atom is 0.163 e. The van der Waals surface area contributed by atoms with E-state index in [4.69, 9.17) is 38.6 Å². The molecule has 6 nitrogen and oxygen atoms in total. The number of furan rings is 1. The van der Waals surface area contributed by atoms with Gasteiger partial charge in [0.15, 0.2) is 5.82 Å². The quantitative estimate of drug-likeness (QED) is 0.659. The van der Waals surface area contributed by atoms with Crippen LogP contribution in [0.2, 0.25) is 10.0 Å². The monoisotopic (exact) mass is 369 g/mol. The number of hydrogen-bond acceptors (Lipinski definition) is 5. The Morgan fingerprint density at radius 2 is 2.04 bits per heavy atom. The van der Waals surface area contributed by atoms with Gasteiger partial charge in [-0.25, -0.2) is 0 Å². The van der Waals surface area contributed by atoms with Crippen LogP contribution in [0.25, 0.3) is 23.0 Å². The lowest BCUT2D eigenvalue weighted by molar-refractivity contribution is 0.572. The molecule has 0 aliphatic rings. The van der Waals surface area contributed by atoms with Crippen LogP contribution in [-0.2, 0) is 0 Å². The van der Waals surface area contributed by atoms with Crippen LogP contribution in [0.5, 0.6) is 0 Å². The smallest absolute Gasteiger partial charge is 0.163 e. The molecular formula is C17H9Cl2N5O. The molecule has 0 saturated heterocycles. The number of H-pyrrole nitrogens is 1. The van der Waals surface area contributed by atoms with Crippen LogP contribution in [0, 0.1) is 22.7 Å². The normalized spacial score (nSPS) is 11.1. The van der Waals surface area contributed by atoms with E-state index in [0.717, 1.165) is 0 Å². The van der Waals surface area contributed by atoms with E-state index in [9.17, 15) is 5.26 Å². The third kappa shape index (κ3) is 3.09. The third-order valence-electron chi connectivity index (χ3n) is 3.43. The maximum atomic E-state index is 9.38. The Hall–Kier alpha value is -3.19. The van der Waals surface area contributed by atoms with Gasteiger partial charge in [-0.1, -0.05) is 29.3 Å². The number of halogens is 2. The molecule has 1 aromatic carbocycles. The van der Waals surface area contributed by atoms with Gasteiger partial charge in [0.05, 0.1) is 21.3 Å². The molecule has 3 N–H and O–H groups in total. The molecule has 2 aromatic heterocycles. The van der Waals surface area contributed by atoms with E-state index in [1.807, 2.05) is 12.1 Å². The Balaban J connectivity index is 2.02. The van der Waals surface area contributed by atoms with Gasteiger partial charge in [-0.2, -0.15) is 15.6 Å². The standard InChI is InChI=1S/C17H9Cl2N5O/c18-13-3-1-2-11(15(13)19)14-5-4-10(25-14)6-9(7-20)16-12(8-21)17(22)24-23-16/h1-6H,(H3,22,23,24). The van der Waals surface area contributed by atoms with Crippen LogP contribution >= 0.6 is 23.2 Å². The largest absolute Gasteiger partial charge is 0.457 e. The highest BCUT2D eigenvalue weighted by atomic mass is 35.5. The first-order valence-electron chi connectivity index (χ1n) is 6.95. The fourth-order valence-electron chi connectivity index (χ4n) is 2.24. The second-order valence-corrected chi connectivity index (χ2v) is 5.73. The van der Waals surface area contributed by atoms with E-state index in [-0.39, 0.29) is 22.6 Å². The van der Waals surface area contributed by atoms with Crippen molar-refractivity contribution < 1.29 is 4.42 Å². The van der Waals surface area contributed by atoms with Crippen molar-refractivity contribution >= 4 is 40.7 Å². The minimum atomic E-state index is 0.0319.